The van der Waals surface area contributed by atoms with E-state index in [1.54, 1.807) is 6.20 Å². The third kappa shape index (κ3) is 4.18. The van der Waals surface area contributed by atoms with Crippen molar-refractivity contribution in [1.29, 1.82) is 0 Å². The van der Waals surface area contributed by atoms with Crippen molar-refractivity contribution in [3.8, 4) is 0 Å². The summed E-state index contributed by atoms with van der Waals surface area (Å²) in [5.41, 5.74) is 2.65. The predicted molar refractivity (Wildman–Crippen MR) is 85.5 cm³/mol. The highest BCUT2D eigenvalue weighted by Gasteiger charge is 2.08. The van der Waals surface area contributed by atoms with Gasteiger partial charge >= 0.3 is 0 Å². The van der Waals surface area contributed by atoms with Gasteiger partial charge in [-0.15, -0.1) is 0 Å². The molecule has 2 aromatic rings. The first-order valence-corrected chi connectivity index (χ1v) is 7.40. The second kappa shape index (κ2) is 6.57. The molecule has 0 saturated heterocycles. The van der Waals surface area contributed by atoms with Gasteiger partial charge in [0.25, 0.3) is 5.91 Å². The van der Waals surface area contributed by atoms with E-state index in [0.717, 1.165) is 12.1 Å². The van der Waals surface area contributed by atoms with Gasteiger partial charge in [0.15, 0.2) is 0 Å². The molecule has 0 aliphatic carbocycles. The molecule has 4 nitrogen and oxygen atoms in total. The average Bonchev–Trinajstić information content (AvgIpc) is 2.87. The summed E-state index contributed by atoms with van der Waals surface area (Å²) >= 11 is 0. The van der Waals surface area contributed by atoms with Gasteiger partial charge in [-0.1, -0.05) is 26.0 Å². The first kappa shape index (κ1) is 15.3. The molecule has 4 heteroatoms. The quantitative estimate of drug-likeness (QED) is 0.905. The van der Waals surface area contributed by atoms with Gasteiger partial charge in [-0.2, -0.15) is 5.10 Å². The van der Waals surface area contributed by atoms with Crippen molar-refractivity contribution >= 4 is 11.6 Å². The lowest BCUT2D eigenvalue weighted by molar-refractivity contribution is 0.102. The van der Waals surface area contributed by atoms with Crippen LogP contribution < -0.4 is 5.32 Å². The zero-order valence-corrected chi connectivity index (χ0v) is 13.1. The van der Waals surface area contributed by atoms with E-state index in [1.807, 2.05) is 49.0 Å². The van der Waals surface area contributed by atoms with Crippen LogP contribution in [-0.4, -0.2) is 15.7 Å². The van der Waals surface area contributed by atoms with Crippen molar-refractivity contribution in [2.24, 2.45) is 5.92 Å². The second-order valence-corrected chi connectivity index (χ2v) is 6.05. The van der Waals surface area contributed by atoms with Crippen LogP contribution in [0.4, 0.5) is 5.69 Å². The van der Waals surface area contributed by atoms with E-state index in [2.05, 4.69) is 24.3 Å². The van der Waals surface area contributed by atoms with E-state index in [9.17, 15) is 4.79 Å². The molecule has 1 amide bonds. The highest BCUT2D eigenvalue weighted by Crippen LogP contribution is 2.13. The zero-order valence-electron chi connectivity index (χ0n) is 13.1. The minimum absolute atomic E-state index is 0.102. The predicted octanol–water partition coefficient (Wildman–Crippen LogP) is 3.91. The Morgan fingerprint density at radius 3 is 2.38 bits per heavy atom. The number of anilines is 1. The van der Waals surface area contributed by atoms with Crippen molar-refractivity contribution < 1.29 is 4.79 Å². The van der Waals surface area contributed by atoms with Gasteiger partial charge in [0.05, 0.1) is 11.9 Å². The van der Waals surface area contributed by atoms with Gasteiger partial charge in [0.1, 0.15) is 0 Å². The van der Waals surface area contributed by atoms with Crippen LogP contribution in [0.5, 0.6) is 0 Å². The van der Waals surface area contributed by atoms with Gasteiger partial charge in [0.2, 0.25) is 0 Å². The average molecular weight is 285 g/mol. The summed E-state index contributed by atoms with van der Waals surface area (Å²) in [5, 5.41) is 7.08. The Hall–Kier alpha value is -2.10. The van der Waals surface area contributed by atoms with Gasteiger partial charge < -0.3 is 5.32 Å². The SMILES string of the molecule is CC(C)Cc1ccc(C(=O)Nc2cnn(C(C)C)c2)cc1. The number of aromatic nitrogens is 2. The van der Waals surface area contributed by atoms with E-state index >= 15 is 0 Å². The van der Waals surface area contributed by atoms with Crippen molar-refractivity contribution in [2.45, 2.75) is 40.2 Å². The fourth-order valence-electron chi connectivity index (χ4n) is 2.15. The fourth-order valence-corrected chi connectivity index (χ4v) is 2.15. The number of benzene rings is 1. The topological polar surface area (TPSA) is 46.9 Å². The molecule has 0 aliphatic heterocycles. The molecule has 0 fully saturated rings. The third-order valence-corrected chi connectivity index (χ3v) is 3.25. The maximum absolute atomic E-state index is 12.2. The molecule has 0 radical (unpaired) electrons. The van der Waals surface area contributed by atoms with Gasteiger partial charge in [-0.05, 0) is 43.9 Å². The van der Waals surface area contributed by atoms with Crippen LogP contribution in [0.1, 0.15) is 49.7 Å². The van der Waals surface area contributed by atoms with Crippen LogP contribution >= 0.6 is 0 Å². The summed E-state index contributed by atoms with van der Waals surface area (Å²) in [7, 11) is 0. The van der Waals surface area contributed by atoms with Gasteiger partial charge in [-0.3, -0.25) is 9.48 Å². The van der Waals surface area contributed by atoms with Crippen LogP contribution in [-0.2, 0) is 6.42 Å². The molecular weight excluding hydrogens is 262 g/mol. The molecule has 0 saturated carbocycles. The molecule has 0 unspecified atom stereocenters. The Labute approximate surface area is 126 Å². The van der Waals surface area contributed by atoms with Crippen LogP contribution in [0.15, 0.2) is 36.7 Å². The van der Waals surface area contributed by atoms with Crippen LogP contribution in [0.25, 0.3) is 0 Å². The summed E-state index contributed by atoms with van der Waals surface area (Å²) in [6.07, 6.45) is 4.55. The first-order valence-electron chi connectivity index (χ1n) is 7.40. The molecule has 0 aliphatic rings. The molecule has 1 heterocycles. The number of amides is 1. The lowest BCUT2D eigenvalue weighted by atomic mass is 10.0. The molecule has 0 atom stereocenters. The molecule has 0 spiro atoms. The maximum Gasteiger partial charge on any atom is 0.255 e. The normalized spacial score (nSPS) is 11.1. The Kier molecular flexibility index (Phi) is 4.78. The molecule has 1 aromatic carbocycles. The van der Waals surface area contributed by atoms with Crippen LogP contribution in [0.2, 0.25) is 0 Å². The number of rotatable bonds is 5. The highest BCUT2D eigenvalue weighted by molar-refractivity contribution is 6.04. The fraction of sp³-hybridized carbons (Fsp3) is 0.412. The van der Waals surface area contributed by atoms with E-state index in [-0.39, 0.29) is 11.9 Å². The Morgan fingerprint density at radius 1 is 1.19 bits per heavy atom. The Morgan fingerprint density at radius 2 is 1.86 bits per heavy atom. The van der Waals surface area contributed by atoms with Crippen molar-refractivity contribution in [3.05, 3.63) is 47.8 Å². The number of carbonyl (C=O) groups excluding carboxylic acids is 1. The Balaban J connectivity index is 2.02. The second-order valence-electron chi connectivity index (χ2n) is 6.05. The minimum Gasteiger partial charge on any atom is -0.319 e. The molecule has 112 valence electrons. The largest absolute Gasteiger partial charge is 0.319 e. The standard InChI is InChI=1S/C17H23N3O/c1-12(2)9-14-5-7-15(8-6-14)17(21)19-16-10-18-20(11-16)13(3)4/h5-8,10-13H,9H2,1-4H3,(H,19,21). The highest BCUT2D eigenvalue weighted by atomic mass is 16.1. The van der Waals surface area contributed by atoms with E-state index in [0.29, 0.717) is 11.5 Å². The summed E-state index contributed by atoms with van der Waals surface area (Å²) < 4.78 is 1.82. The third-order valence-electron chi connectivity index (χ3n) is 3.25. The number of hydrogen-bond donors (Lipinski definition) is 1. The number of nitrogens with one attached hydrogen (secondary N) is 1. The van der Waals surface area contributed by atoms with E-state index < -0.39 is 0 Å². The zero-order chi connectivity index (χ0) is 15.4. The molecular formula is C17H23N3O. The molecule has 21 heavy (non-hydrogen) atoms. The van der Waals surface area contributed by atoms with E-state index in [1.165, 1.54) is 5.56 Å². The van der Waals surface area contributed by atoms with Crippen molar-refractivity contribution in [3.63, 3.8) is 0 Å². The van der Waals surface area contributed by atoms with Crippen molar-refractivity contribution in [1.82, 2.24) is 9.78 Å². The molecule has 0 bridgehead atoms. The summed E-state index contributed by atoms with van der Waals surface area (Å²) in [5.74, 6) is 0.515. The number of nitrogens with zero attached hydrogens (tertiary/aromatic N) is 2. The van der Waals surface area contributed by atoms with Gasteiger partial charge in [-0.25, -0.2) is 0 Å². The summed E-state index contributed by atoms with van der Waals surface area (Å²) in [6.45, 7) is 8.47. The smallest absolute Gasteiger partial charge is 0.255 e. The van der Waals surface area contributed by atoms with Gasteiger partial charge in [0, 0.05) is 17.8 Å². The lowest BCUT2D eigenvalue weighted by Gasteiger charge is -2.07. The van der Waals surface area contributed by atoms with Crippen LogP contribution in [0, 0.1) is 5.92 Å². The lowest BCUT2D eigenvalue weighted by Crippen LogP contribution is -2.11. The maximum atomic E-state index is 12.2. The van der Waals surface area contributed by atoms with E-state index in [4.69, 9.17) is 0 Å². The monoisotopic (exact) mass is 285 g/mol. The molecule has 1 N–H and O–H groups in total. The molecule has 1 aromatic heterocycles. The van der Waals surface area contributed by atoms with Crippen molar-refractivity contribution in [2.75, 3.05) is 5.32 Å². The molecule has 2 rings (SSSR count). The van der Waals surface area contributed by atoms with Crippen LogP contribution in [0.3, 0.4) is 0 Å². The summed E-state index contributed by atoms with van der Waals surface area (Å²) in [4.78, 5) is 12.2. The Bertz CT molecular complexity index is 597. The first-order chi connectivity index (χ1) is 9.95. The number of hydrogen-bond acceptors (Lipinski definition) is 2. The summed E-state index contributed by atoms with van der Waals surface area (Å²) in [6, 6.07) is 8.07. The minimum atomic E-state index is -0.102. The number of carbonyl (C=O) groups is 1.